The highest BCUT2D eigenvalue weighted by atomic mass is 32.2. The van der Waals surface area contributed by atoms with Gasteiger partial charge in [-0.2, -0.15) is 0 Å². The minimum Gasteiger partial charge on any atom is -0.481 e. The molecule has 0 saturated heterocycles. The normalized spacial score (nSPS) is 10.7. The molecule has 0 saturated carbocycles. The first kappa shape index (κ1) is 12.8. The van der Waals surface area contributed by atoms with E-state index >= 15 is 0 Å². The summed E-state index contributed by atoms with van der Waals surface area (Å²) < 4.78 is 1.66. The van der Waals surface area contributed by atoms with E-state index < -0.39 is 5.97 Å². The van der Waals surface area contributed by atoms with Gasteiger partial charge in [-0.1, -0.05) is 11.8 Å². The van der Waals surface area contributed by atoms with E-state index in [1.807, 2.05) is 6.92 Å². The summed E-state index contributed by atoms with van der Waals surface area (Å²) in [7, 11) is 0. The van der Waals surface area contributed by atoms with Crippen LogP contribution in [0, 0.1) is 6.92 Å². The molecule has 0 fully saturated rings. The molecule has 0 aliphatic carbocycles. The third kappa shape index (κ3) is 2.99. The Bertz CT molecular complexity index is 565. The van der Waals surface area contributed by atoms with Gasteiger partial charge in [0.1, 0.15) is 5.01 Å². The van der Waals surface area contributed by atoms with Gasteiger partial charge in [0.25, 0.3) is 0 Å². The Hall–Kier alpha value is -1.61. The Morgan fingerprint density at radius 3 is 3.00 bits per heavy atom. The first-order valence-corrected chi connectivity index (χ1v) is 6.81. The number of thiazole rings is 1. The summed E-state index contributed by atoms with van der Waals surface area (Å²) in [4.78, 5) is 15.9. The minimum absolute atomic E-state index is 0.0744. The number of anilines is 1. The number of aryl methyl sites for hydroxylation is 1. The number of rotatable bonds is 5. The summed E-state index contributed by atoms with van der Waals surface area (Å²) in [5.41, 5.74) is 5.71. The van der Waals surface area contributed by atoms with Gasteiger partial charge in [0.05, 0.1) is 12.3 Å². The molecule has 0 aromatic carbocycles. The molecule has 0 spiro atoms. The Morgan fingerprint density at radius 2 is 2.39 bits per heavy atom. The molecule has 2 aromatic heterocycles. The molecule has 96 valence electrons. The quantitative estimate of drug-likeness (QED) is 0.784. The number of nitrogens with zero attached hydrogens (tertiary/aromatic N) is 4. The molecule has 0 atom stereocenters. The van der Waals surface area contributed by atoms with E-state index in [4.69, 9.17) is 10.8 Å². The zero-order chi connectivity index (χ0) is 13.1. The number of carbonyl (C=O) groups is 1. The van der Waals surface area contributed by atoms with Crippen LogP contribution in [0.25, 0.3) is 0 Å². The summed E-state index contributed by atoms with van der Waals surface area (Å²) in [6.07, 6.45) is 1.78. The van der Waals surface area contributed by atoms with Crippen LogP contribution in [-0.2, 0) is 11.3 Å². The van der Waals surface area contributed by atoms with Crippen molar-refractivity contribution in [3.05, 3.63) is 16.1 Å². The van der Waals surface area contributed by atoms with Crippen molar-refractivity contribution in [1.82, 2.24) is 19.7 Å². The molecule has 0 unspecified atom stereocenters. The highest BCUT2D eigenvalue weighted by molar-refractivity contribution is 7.99. The fraction of sp³-hybridized carbons (Fsp3) is 0.333. The van der Waals surface area contributed by atoms with Crippen molar-refractivity contribution in [2.75, 3.05) is 11.5 Å². The second-order valence-electron chi connectivity index (χ2n) is 3.47. The highest BCUT2D eigenvalue weighted by Gasteiger charge is 2.13. The van der Waals surface area contributed by atoms with Crippen LogP contribution in [0.1, 0.15) is 9.88 Å². The number of hydrogen-bond donors (Lipinski definition) is 2. The van der Waals surface area contributed by atoms with E-state index in [0.29, 0.717) is 11.7 Å². The van der Waals surface area contributed by atoms with Crippen molar-refractivity contribution >= 4 is 35.0 Å². The first-order chi connectivity index (χ1) is 8.56. The number of nitrogen functional groups attached to an aromatic ring is 1. The largest absolute Gasteiger partial charge is 0.481 e. The molecular formula is C9H11N5O2S2. The third-order valence-corrected chi connectivity index (χ3v) is 3.88. The summed E-state index contributed by atoms with van der Waals surface area (Å²) in [6, 6.07) is 0. The Kier molecular flexibility index (Phi) is 3.82. The van der Waals surface area contributed by atoms with Gasteiger partial charge in [0.15, 0.2) is 5.16 Å². The lowest BCUT2D eigenvalue weighted by molar-refractivity contribution is -0.133. The summed E-state index contributed by atoms with van der Waals surface area (Å²) in [6.45, 7) is 2.43. The smallest absolute Gasteiger partial charge is 0.313 e. The number of thioether (sulfide) groups is 1. The second kappa shape index (κ2) is 5.36. The Balaban J connectivity index is 2.16. The average molecular weight is 285 g/mol. The van der Waals surface area contributed by atoms with Crippen LogP contribution in [0.2, 0.25) is 0 Å². The number of carboxylic acids is 1. The molecular weight excluding hydrogens is 274 g/mol. The highest BCUT2D eigenvalue weighted by Crippen LogP contribution is 2.21. The van der Waals surface area contributed by atoms with Crippen LogP contribution in [0.4, 0.5) is 5.95 Å². The molecule has 18 heavy (non-hydrogen) atoms. The van der Waals surface area contributed by atoms with Crippen molar-refractivity contribution in [3.63, 3.8) is 0 Å². The van der Waals surface area contributed by atoms with Crippen LogP contribution in [0.5, 0.6) is 0 Å². The van der Waals surface area contributed by atoms with Crippen LogP contribution in [-0.4, -0.2) is 36.6 Å². The standard InChI is InChI=1S/C9H11N5O2S2/c1-5-2-11-6(18-5)3-14-8(10)12-13-9(14)17-4-7(15)16/h2H,3-4H2,1H3,(H2,10,12)(H,15,16). The van der Waals surface area contributed by atoms with E-state index in [1.54, 1.807) is 22.1 Å². The minimum atomic E-state index is -0.904. The number of aliphatic carboxylic acids is 1. The van der Waals surface area contributed by atoms with Gasteiger partial charge in [-0.25, -0.2) is 4.98 Å². The van der Waals surface area contributed by atoms with Crippen molar-refractivity contribution in [1.29, 1.82) is 0 Å². The summed E-state index contributed by atoms with van der Waals surface area (Å²) in [5, 5.41) is 17.6. The van der Waals surface area contributed by atoms with Crippen molar-refractivity contribution in [2.45, 2.75) is 18.6 Å². The number of hydrogen-bond acceptors (Lipinski definition) is 7. The van der Waals surface area contributed by atoms with E-state index in [-0.39, 0.29) is 11.7 Å². The van der Waals surface area contributed by atoms with Crippen molar-refractivity contribution in [3.8, 4) is 0 Å². The lowest BCUT2D eigenvalue weighted by Gasteiger charge is -2.04. The van der Waals surface area contributed by atoms with E-state index in [9.17, 15) is 4.79 Å². The molecule has 0 aliphatic heterocycles. The fourth-order valence-corrected chi connectivity index (χ4v) is 2.73. The van der Waals surface area contributed by atoms with E-state index in [0.717, 1.165) is 21.6 Å². The maximum atomic E-state index is 10.5. The van der Waals surface area contributed by atoms with Crippen LogP contribution in [0.15, 0.2) is 11.4 Å². The lowest BCUT2D eigenvalue weighted by atomic mass is 10.6. The zero-order valence-corrected chi connectivity index (χ0v) is 11.2. The van der Waals surface area contributed by atoms with E-state index in [2.05, 4.69) is 15.2 Å². The van der Waals surface area contributed by atoms with Gasteiger partial charge in [0.2, 0.25) is 5.95 Å². The SMILES string of the molecule is Cc1cnc(Cn2c(N)nnc2SCC(=O)O)s1. The number of nitrogens with two attached hydrogens (primary N) is 1. The van der Waals surface area contributed by atoms with E-state index in [1.165, 1.54) is 0 Å². The molecule has 0 aliphatic rings. The average Bonchev–Trinajstić information content (AvgIpc) is 2.85. The molecule has 2 heterocycles. The molecule has 0 amide bonds. The lowest BCUT2D eigenvalue weighted by Crippen LogP contribution is -2.07. The molecule has 7 nitrogen and oxygen atoms in total. The Morgan fingerprint density at radius 1 is 1.61 bits per heavy atom. The zero-order valence-electron chi connectivity index (χ0n) is 9.53. The molecule has 9 heteroatoms. The van der Waals surface area contributed by atoms with Crippen molar-refractivity contribution < 1.29 is 9.90 Å². The first-order valence-electron chi connectivity index (χ1n) is 5.01. The molecule has 2 aromatic rings. The van der Waals surface area contributed by atoms with Crippen LogP contribution in [0.3, 0.4) is 0 Å². The molecule has 0 radical (unpaired) electrons. The fourth-order valence-electron chi connectivity index (χ4n) is 1.29. The maximum absolute atomic E-state index is 10.5. The van der Waals surface area contributed by atoms with Gasteiger partial charge in [0, 0.05) is 11.1 Å². The van der Waals surface area contributed by atoms with Gasteiger partial charge in [-0.05, 0) is 6.92 Å². The predicted octanol–water partition coefficient (Wildman–Crippen LogP) is 0.850. The third-order valence-electron chi connectivity index (χ3n) is 2.03. The summed E-state index contributed by atoms with van der Waals surface area (Å²) >= 11 is 2.65. The number of aromatic nitrogens is 4. The van der Waals surface area contributed by atoms with Crippen molar-refractivity contribution in [2.24, 2.45) is 0 Å². The van der Waals surface area contributed by atoms with Gasteiger partial charge in [-0.3, -0.25) is 9.36 Å². The summed E-state index contributed by atoms with van der Waals surface area (Å²) in [5.74, 6) is -0.719. The molecule has 3 N–H and O–H groups in total. The maximum Gasteiger partial charge on any atom is 0.313 e. The van der Waals surface area contributed by atoms with Gasteiger partial charge < -0.3 is 10.8 Å². The monoisotopic (exact) mass is 285 g/mol. The molecule has 2 rings (SSSR count). The topological polar surface area (TPSA) is 107 Å². The molecule has 0 bridgehead atoms. The number of carboxylic acid groups (broad SMARTS) is 1. The Labute approximate surface area is 111 Å². The second-order valence-corrected chi connectivity index (χ2v) is 5.74. The van der Waals surface area contributed by atoms with Gasteiger partial charge >= 0.3 is 5.97 Å². The van der Waals surface area contributed by atoms with Crippen LogP contribution < -0.4 is 5.73 Å². The van der Waals surface area contributed by atoms with Gasteiger partial charge in [-0.15, -0.1) is 21.5 Å². The van der Waals surface area contributed by atoms with Crippen LogP contribution >= 0.6 is 23.1 Å². The predicted molar refractivity (Wildman–Crippen MR) is 68.7 cm³/mol.